The monoisotopic (exact) mass is 474 g/mol. The van der Waals surface area contributed by atoms with Gasteiger partial charge in [-0.15, -0.1) is 0 Å². The summed E-state index contributed by atoms with van der Waals surface area (Å²) in [5.74, 6) is -3.35. The average Bonchev–Trinajstić information content (AvgIpc) is 3.05. The standard InChI is InChI=1S/C16H28N2O7.C2HF3O2/c17-3-5-21-7-9-23-11-13-25-14-12-24-10-8-22-6-4-18-15(19)1-2-16(18)20;3-2(4,5)1(6)7/h1-2H,3-14,17H2;(H,6,7). The number of carboxylic acids is 1. The summed E-state index contributed by atoms with van der Waals surface area (Å²) in [6.07, 6.45) is -2.57. The second-order valence-electron chi connectivity index (χ2n) is 5.81. The summed E-state index contributed by atoms with van der Waals surface area (Å²) < 4.78 is 58.2. The van der Waals surface area contributed by atoms with Crippen LogP contribution in [0.3, 0.4) is 0 Å². The van der Waals surface area contributed by atoms with E-state index in [2.05, 4.69) is 0 Å². The lowest BCUT2D eigenvalue weighted by Gasteiger charge is -2.13. The van der Waals surface area contributed by atoms with E-state index < -0.39 is 12.1 Å². The van der Waals surface area contributed by atoms with Crippen molar-refractivity contribution >= 4 is 17.8 Å². The fourth-order valence-corrected chi connectivity index (χ4v) is 1.87. The maximum absolute atomic E-state index is 11.3. The molecule has 3 N–H and O–H groups in total. The zero-order chi connectivity index (χ0) is 24.2. The van der Waals surface area contributed by atoms with Gasteiger partial charge in [-0.05, 0) is 0 Å². The summed E-state index contributed by atoms with van der Waals surface area (Å²) in [7, 11) is 0. The average molecular weight is 474 g/mol. The molecule has 0 saturated carbocycles. The highest BCUT2D eigenvalue weighted by molar-refractivity contribution is 6.12. The number of nitrogens with two attached hydrogens (primary N) is 1. The fraction of sp³-hybridized carbons (Fsp3) is 0.722. The molecule has 0 aliphatic carbocycles. The zero-order valence-electron chi connectivity index (χ0n) is 17.5. The normalized spacial score (nSPS) is 13.4. The third kappa shape index (κ3) is 16.6. The lowest BCUT2D eigenvalue weighted by atomic mass is 10.5. The van der Waals surface area contributed by atoms with E-state index in [1.165, 1.54) is 12.2 Å². The topological polar surface area (TPSA) is 147 Å². The van der Waals surface area contributed by atoms with Gasteiger partial charge in [0.1, 0.15) is 0 Å². The van der Waals surface area contributed by atoms with Crippen LogP contribution in [-0.4, -0.2) is 113 Å². The van der Waals surface area contributed by atoms with Gasteiger partial charge in [0.25, 0.3) is 11.8 Å². The van der Waals surface area contributed by atoms with Gasteiger partial charge in [-0.2, -0.15) is 13.2 Å². The Kier molecular flexibility index (Phi) is 17.3. The third-order valence-corrected chi connectivity index (χ3v) is 3.35. The minimum atomic E-state index is -5.08. The Bertz CT molecular complexity index is 556. The van der Waals surface area contributed by atoms with Gasteiger partial charge in [0.15, 0.2) is 0 Å². The lowest BCUT2D eigenvalue weighted by Crippen LogP contribution is -2.33. The molecule has 1 heterocycles. The Hall–Kier alpha value is -2.10. The minimum absolute atomic E-state index is 0.255. The number of nitrogens with zero attached hydrogens (tertiary/aromatic N) is 1. The molecule has 1 rings (SSSR count). The first kappa shape index (κ1) is 29.9. The Morgan fingerprint density at radius 3 is 1.41 bits per heavy atom. The van der Waals surface area contributed by atoms with E-state index in [4.69, 9.17) is 39.3 Å². The second-order valence-corrected chi connectivity index (χ2v) is 5.81. The molecule has 11 nitrogen and oxygen atoms in total. The number of carbonyl (C=O) groups excluding carboxylic acids is 2. The van der Waals surface area contributed by atoms with Gasteiger partial charge < -0.3 is 34.5 Å². The molecule has 0 fully saturated rings. The van der Waals surface area contributed by atoms with Crippen molar-refractivity contribution in [1.82, 2.24) is 4.90 Å². The van der Waals surface area contributed by atoms with Crippen molar-refractivity contribution in [3.8, 4) is 0 Å². The molecule has 14 heteroatoms. The first-order chi connectivity index (χ1) is 15.2. The molecule has 0 unspecified atom stereocenters. The number of amides is 2. The zero-order valence-corrected chi connectivity index (χ0v) is 17.5. The summed E-state index contributed by atoms with van der Waals surface area (Å²) >= 11 is 0. The van der Waals surface area contributed by atoms with Crippen LogP contribution in [0.5, 0.6) is 0 Å². The predicted molar refractivity (Wildman–Crippen MR) is 103 cm³/mol. The number of carboxylic acid groups (broad SMARTS) is 1. The SMILES string of the molecule is NCCOCCOCCOCCOCCOCCN1C(=O)C=CC1=O.O=C(O)C(F)(F)F. The maximum Gasteiger partial charge on any atom is 0.490 e. The van der Waals surface area contributed by atoms with Crippen molar-refractivity contribution in [2.24, 2.45) is 5.73 Å². The molecule has 32 heavy (non-hydrogen) atoms. The number of carbonyl (C=O) groups is 3. The molecule has 0 aromatic rings. The van der Waals surface area contributed by atoms with Crippen molar-refractivity contribution in [3.05, 3.63) is 12.2 Å². The smallest absolute Gasteiger partial charge is 0.475 e. The first-order valence-electron chi connectivity index (χ1n) is 9.62. The van der Waals surface area contributed by atoms with Crippen molar-refractivity contribution in [3.63, 3.8) is 0 Å². The second kappa shape index (κ2) is 18.5. The summed E-state index contributed by atoms with van der Waals surface area (Å²) in [6, 6.07) is 0. The van der Waals surface area contributed by atoms with Crippen molar-refractivity contribution in [1.29, 1.82) is 0 Å². The largest absolute Gasteiger partial charge is 0.490 e. The number of alkyl halides is 3. The molecule has 0 saturated heterocycles. The molecule has 0 spiro atoms. The van der Waals surface area contributed by atoms with Crippen LogP contribution < -0.4 is 5.73 Å². The van der Waals surface area contributed by atoms with E-state index in [-0.39, 0.29) is 18.4 Å². The van der Waals surface area contributed by atoms with Gasteiger partial charge in [0.05, 0.1) is 72.6 Å². The van der Waals surface area contributed by atoms with Crippen molar-refractivity contribution < 1.29 is 56.3 Å². The predicted octanol–water partition coefficient (Wildman–Crippen LogP) is -0.414. The van der Waals surface area contributed by atoms with E-state index in [1.54, 1.807) is 0 Å². The van der Waals surface area contributed by atoms with Gasteiger partial charge in [0.2, 0.25) is 0 Å². The molecule has 0 aromatic heterocycles. The van der Waals surface area contributed by atoms with Crippen LogP contribution in [0.25, 0.3) is 0 Å². The highest BCUT2D eigenvalue weighted by Crippen LogP contribution is 2.13. The molecule has 0 atom stereocenters. The number of hydrogen-bond donors (Lipinski definition) is 2. The third-order valence-electron chi connectivity index (χ3n) is 3.35. The molecule has 0 bridgehead atoms. The molecular formula is C18H29F3N2O9. The maximum atomic E-state index is 11.3. The van der Waals surface area contributed by atoms with Gasteiger partial charge in [-0.1, -0.05) is 0 Å². The molecule has 0 radical (unpaired) electrons. The highest BCUT2D eigenvalue weighted by atomic mass is 19.4. The summed E-state index contributed by atoms with van der Waals surface area (Å²) in [4.78, 5) is 32.6. The van der Waals surface area contributed by atoms with Crippen LogP contribution in [0, 0.1) is 0 Å². The van der Waals surface area contributed by atoms with Crippen LogP contribution in [0.1, 0.15) is 0 Å². The number of ether oxygens (including phenoxy) is 5. The van der Waals surface area contributed by atoms with Crippen LogP contribution in [0.4, 0.5) is 13.2 Å². The fourth-order valence-electron chi connectivity index (χ4n) is 1.87. The highest BCUT2D eigenvalue weighted by Gasteiger charge is 2.38. The number of halogens is 3. The Balaban J connectivity index is 0.00000118. The molecule has 1 aliphatic rings. The number of rotatable bonds is 17. The Morgan fingerprint density at radius 1 is 0.781 bits per heavy atom. The Labute approximate surface area is 183 Å². The van der Waals surface area contributed by atoms with E-state index in [0.717, 1.165) is 4.90 Å². The van der Waals surface area contributed by atoms with Gasteiger partial charge in [-0.25, -0.2) is 4.79 Å². The molecule has 2 amide bonds. The summed E-state index contributed by atoms with van der Waals surface area (Å²) in [6.45, 7) is 5.48. The van der Waals surface area contributed by atoms with Crippen LogP contribution in [0.2, 0.25) is 0 Å². The van der Waals surface area contributed by atoms with Crippen LogP contribution >= 0.6 is 0 Å². The van der Waals surface area contributed by atoms with Crippen molar-refractivity contribution in [2.75, 3.05) is 79.2 Å². The van der Waals surface area contributed by atoms with Crippen molar-refractivity contribution in [2.45, 2.75) is 6.18 Å². The lowest BCUT2D eigenvalue weighted by molar-refractivity contribution is -0.192. The quantitative estimate of drug-likeness (QED) is 0.211. The van der Waals surface area contributed by atoms with E-state index in [0.29, 0.717) is 72.6 Å². The van der Waals surface area contributed by atoms with E-state index in [1.807, 2.05) is 0 Å². The van der Waals surface area contributed by atoms with Gasteiger partial charge in [0, 0.05) is 18.7 Å². The van der Waals surface area contributed by atoms with Crippen LogP contribution in [0.15, 0.2) is 12.2 Å². The van der Waals surface area contributed by atoms with Crippen LogP contribution in [-0.2, 0) is 38.1 Å². The molecule has 186 valence electrons. The van der Waals surface area contributed by atoms with Gasteiger partial charge >= 0.3 is 12.1 Å². The molecular weight excluding hydrogens is 445 g/mol. The molecule has 1 aliphatic heterocycles. The number of imide groups is 1. The summed E-state index contributed by atoms with van der Waals surface area (Å²) in [5.41, 5.74) is 5.28. The first-order valence-corrected chi connectivity index (χ1v) is 9.62. The minimum Gasteiger partial charge on any atom is -0.475 e. The summed E-state index contributed by atoms with van der Waals surface area (Å²) in [5, 5.41) is 7.12. The van der Waals surface area contributed by atoms with Gasteiger partial charge in [-0.3, -0.25) is 14.5 Å². The molecule has 0 aromatic carbocycles. The van der Waals surface area contributed by atoms with E-state index >= 15 is 0 Å². The Morgan fingerprint density at radius 2 is 1.09 bits per heavy atom. The van der Waals surface area contributed by atoms with E-state index in [9.17, 15) is 22.8 Å². The number of aliphatic carboxylic acids is 1. The number of hydrogen-bond acceptors (Lipinski definition) is 9.